The molecule has 1 aliphatic carbocycles. The first-order chi connectivity index (χ1) is 15.7. The van der Waals surface area contributed by atoms with Crippen LogP contribution in [0.15, 0.2) is 54.6 Å². The third-order valence-corrected chi connectivity index (χ3v) is 7.12. The Balaban J connectivity index is 1.25. The standard InChI is InChI=1S/C27H37N3O2/c1-32-25-12-7-11-24(19-25)28-27(31)29-26-13-6-5-10-23(26)20-30-16-14-22(15-17-30)18-21-8-3-2-4-9-21/h2-4,7-9,11-12,19,22-23,26H,5-6,10,13-18,20H2,1H3,(H2,28,29,31)/t23-,26-/m1/s1. The Morgan fingerprint density at radius 2 is 1.78 bits per heavy atom. The molecule has 4 rings (SSSR count). The summed E-state index contributed by atoms with van der Waals surface area (Å²) in [7, 11) is 1.64. The molecule has 2 amide bonds. The highest BCUT2D eigenvalue weighted by Gasteiger charge is 2.29. The Morgan fingerprint density at radius 3 is 2.56 bits per heavy atom. The summed E-state index contributed by atoms with van der Waals surface area (Å²) in [5.74, 6) is 2.07. The maximum absolute atomic E-state index is 12.7. The highest BCUT2D eigenvalue weighted by molar-refractivity contribution is 5.89. The van der Waals surface area contributed by atoms with E-state index in [0.717, 1.165) is 30.3 Å². The Morgan fingerprint density at radius 1 is 1.00 bits per heavy atom. The summed E-state index contributed by atoms with van der Waals surface area (Å²) < 4.78 is 5.25. The van der Waals surface area contributed by atoms with Crippen LogP contribution in [0.2, 0.25) is 0 Å². The second kappa shape index (κ2) is 11.4. The molecular formula is C27H37N3O2. The SMILES string of the molecule is COc1cccc(NC(=O)N[C@@H]2CCCC[C@@H]2CN2CCC(Cc3ccccc3)CC2)c1. The van der Waals surface area contributed by atoms with Crippen molar-refractivity contribution in [1.29, 1.82) is 0 Å². The average molecular weight is 436 g/mol. The lowest BCUT2D eigenvalue weighted by Crippen LogP contribution is -2.48. The van der Waals surface area contributed by atoms with Crippen LogP contribution >= 0.6 is 0 Å². The lowest BCUT2D eigenvalue weighted by atomic mass is 9.83. The molecule has 0 radical (unpaired) electrons. The number of ether oxygens (including phenoxy) is 1. The number of hydrogen-bond acceptors (Lipinski definition) is 3. The van der Waals surface area contributed by atoms with Gasteiger partial charge >= 0.3 is 6.03 Å². The van der Waals surface area contributed by atoms with Gasteiger partial charge in [-0.25, -0.2) is 4.79 Å². The number of nitrogens with one attached hydrogen (secondary N) is 2. The summed E-state index contributed by atoms with van der Waals surface area (Å²) in [4.78, 5) is 15.3. The van der Waals surface area contributed by atoms with Crippen molar-refractivity contribution in [1.82, 2.24) is 10.2 Å². The Labute approximate surface area is 192 Å². The number of benzene rings is 2. The molecule has 2 N–H and O–H groups in total. The molecule has 0 spiro atoms. The number of urea groups is 1. The number of hydrogen-bond donors (Lipinski definition) is 2. The molecule has 2 fully saturated rings. The quantitative estimate of drug-likeness (QED) is 0.618. The summed E-state index contributed by atoms with van der Waals surface area (Å²) >= 11 is 0. The molecule has 5 nitrogen and oxygen atoms in total. The van der Waals surface area contributed by atoms with E-state index in [1.807, 2.05) is 24.3 Å². The van der Waals surface area contributed by atoms with Crippen LogP contribution in [0.25, 0.3) is 0 Å². The van der Waals surface area contributed by atoms with Crippen LogP contribution in [0, 0.1) is 11.8 Å². The van der Waals surface area contributed by atoms with E-state index in [2.05, 4.69) is 45.9 Å². The number of rotatable bonds is 7. The molecule has 2 aromatic carbocycles. The van der Waals surface area contributed by atoms with Gasteiger partial charge in [0.15, 0.2) is 0 Å². The van der Waals surface area contributed by atoms with Gasteiger partial charge in [0.25, 0.3) is 0 Å². The molecule has 2 atom stereocenters. The number of nitrogens with zero attached hydrogens (tertiary/aromatic N) is 1. The molecular weight excluding hydrogens is 398 g/mol. The van der Waals surface area contributed by atoms with E-state index in [-0.39, 0.29) is 12.1 Å². The fraction of sp³-hybridized carbons (Fsp3) is 0.519. The molecule has 2 aliphatic rings. The lowest BCUT2D eigenvalue weighted by molar-refractivity contribution is 0.130. The van der Waals surface area contributed by atoms with Gasteiger partial charge in [-0.15, -0.1) is 0 Å². The van der Waals surface area contributed by atoms with Crippen LogP contribution in [-0.2, 0) is 6.42 Å². The van der Waals surface area contributed by atoms with Crippen molar-refractivity contribution in [3.05, 3.63) is 60.2 Å². The first-order valence-corrected chi connectivity index (χ1v) is 12.2. The third kappa shape index (κ3) is 6.49. The van der Waals surface area contributed by atoms with Crippen LogP contribution in [0.3, 0.4) is 0 Å². The number of methoxy groups -OCH3 is 1. The molecule has 1 saturated carbocycles. The summed E-state index contributed by atoms with van der Waals surface area (Å²) in [6.45, 7) is 3.45. The summed E-state index contributed by atoms with van der Waals surface area (Å²) in [6.07, 6.45) is 8.48. The van der Waals surface area contributed by atoms with Gasteiger partial charge in [0.05, 0.1) is 7.11 Å². The minimum Gasteiger partial charge on any atom is -0.497 e. The molecule has 1 saturated heterocycles. The Hall–Kier alpha value is -2.53. The first-order valence-electron chi connectivity index (χ1n) is 12.2. The van der Waals surface area contributed by atoms with E-state index in [4.69, 9.17) is 4.74 Å². The summed E-state index contributed by atoms with van der Waals surface area (Å²) in [5.41, 5.74) is 2.22. The van der Waals surface area contributed by atoms with Crippen molar-refractivity contribution in [2.45, 2.75) is 51.0 Å². The lowest BCUT2D eigenvalue weighted by Gasteiger charge is -2.39. The average Bonchev–Trinajstić information content (AvgIpc) is 2.82. The van der Waals surface area contributed by atoms with Crippen molar-refractivity contribution in [3.8, 4) is 5.75 Å². The van der Waals surface area contributed by atoms with Gasteiger partial charge in [0, 0.05) is 24.3 Å². The number of amides is 2. The van der Waals surface area contributed by atoms with E-state index >= 15 is 0 Å². The second-order valence-electron chi connectivity index (χ2n) is 9.42. The largest absolute Gasteiger partial charge is 0.497 e. The van der Waals surface area contributed by atoms with Crippen LogP contribution in [0.1, 0.15) is 44.1 Å². The third-order valence-electron chi connectivity index (χ3n) is 7.12. The first kappa shape index (κ1) is 22.7. The maximum Gasteiger partial charge on any atom is 0.319 e. The zero-order valence-corrected chi connectivity index (χ0v) is 19.3. The van der Waals surface area contributed by atoms with Crippen molar-refractivity contribution in [3.63, 3.8) is 0 Å². The van der Waals surface area contributed by atoms with Crippen LogP contribution in [0.5, 0.6) is 5.75 Å². The van der Waals surface area contributed by atoms with E-state index in [1.54, 1.807) is 7.11 Å². The van der Waals surface area contributed by atoms with Gasteiger partial charge in [-0.2, -0.15) is 0 Å². The number of carbonyl (C=O) groups excluding carboxylic acids is 1. The topological polar surface area (TPSA) is 53.6 Å². The Bertz CT molecular complexity index is 849. The van der Waals surface area contributed by atoms with Crippen LogP contribution in [-0.4, -0.2) is 43.7 Å². The highest BCUT2D eigenvalue weighted by atomic mass is 16.5. The van der Waals surface area contributed by atoms with E-state index in [9.17, 15) is 4.79 Å². The van der Waals surface area contributed by atoms with E-state index in [0.29, 0.717) is 5.92 Å². The van der Waals surface area contributed by atoms with Crippen molar-refractivity contribution < 1.29 is 9.53 Å². The molecule has 2 aromatic rings. The number of piperidine rings is 1. The number of carbonyl (C=O) groups is 1. The second-order valence-corrected chi connectivity index (χ2v) is 9.42. The molecule has 1 heterocycles. The molecule has 0 aromatic heterocycles. The van der Waals surface area contributed by atoms with Gasteiger partial charge in [-0.3, -0.25) is 0 Å². The minimum atomic E-state index is -0.114. The van der Waals surface area contributed by atoms with Gasteiger partial charge in [0.1, 0.15) is 5.75 Å². The van der Waals surface area contributed by atoms with Crippen molar-refractivity contribution >= 4 is 11.7 Å². The van der Waals surface area contributed by atoms with Gasteiger partial charge in [-0.1, -0.05) is 49.2 Å². The molecule has 172 valence electrons. The summed E-state index contributed by atoms with van der Waals surface area (Å²) in [5, 5.41) is 6.24. The Kier molecular flexibility index (Phi) is 8.05. The molecule has 0 unspecified atom stereocenters. The van der Waals surface area contributed by atoms with Crippen LogP contribution < -0.4 is 15.4 Å². The maximum atomic E-state index is 12.7. The fourth-order valence-corrected chi connectivity index (χ4v) is 5.30. The minimum absolute atomic E-state index is 0.114. The van der Waals surface area contributed by atoms with Gasteiger partial charge < -0.3 is 20.3 Å². The number of anilines is 1. The van der Waals surface area contributed by atoms with E-state index in [1.165, 1.54) is 57.2 Å². The predicted octanol–water partition coefficient (Wildman–Crippen LogP) is 5.33. The molecule has 0 bridgehead atoms. The van der Waals surface area contributed by atoms with E-state index < -0.39 is 0 Å². The van der Waals surface area contributed by atoms with Crippen LogP contribution in [0.4, 0.5) is 10.5 Å². The van der Waals surface area contributed by atoms with Gasteiger partial charge in [0.2, 0.25) is 0 Å². The normalized spacial score (nSPS) is 22.3. The highest BCUT2D eigenvalue weighted by Crippen LogP contribution is 2.28. The van der Waals surface area contributed by atoms with Crippen molar-refractivity contribution in [2.24, 2.45) is 11.8 Å². The zero-order valence-electron chi connectivity index (χ0n) is 19.3. The fourth-order valence-electron chi connectivity index (χ4n) is 5.30. The predicted molar refractivity (Wildman–Crippen MR) is 130 cm³/mol. The molecule has 32 heavy (non-hydrogen) atoms. The summed E-state index contributed by atoms with van der Waals surface area (Å²) in [6, 6.07) is 18.5. The zero-order chi connectivity index (χ0) is 22.2. The monoisotopic (exact) mass is 435 g/mol. The molecule has 5 heteroatoms. The smallest absolute Gasteiger partial charge is 0.319 e. The molecule has 1 aliphatic heterocycles. The van der Waals surface area contributed by atoms with Gasteiger partial charge in [-0.05, 0) is 74.7 Å². The number of likely N-dealkylation sites (tertiary alicyclic amines) is 1. The van der Waals surface area contributed by atoms with Crippen molar-refractivity contribution in [2.75, 3.05) is 32.1 Å².